The number of hydrogen-bond donors (Lipinski definition) is 3. The van der Waals surface area contributed by atoms with Crippen molar-refractivity contribution < 1.29 is 9.59 Å². The van der Waals surface area contributed by atoms with Gasteiger partial charge in [-0.3, -0.25) is 9.69 Å². The van der Waals surface area contributed by atoms with Gasteiger partial charge in [0.25, 0.3) is 5.91 Å². The molecule has 2 aliphatic rings. The average Bonchev–Trinajstić information content (AvgIpc) is 2.97. The van der Waals surface area contributed by atoms with Gasteiger partial charge in [0.05, 0.1) is 22.5 Å². The third kappa shape index (κ3) is 4.50. The van der Waals surface area contributed by atoms with Crippen LogP contribution in [0.2, 0.25) is 0 Å². The van der Waals surface area contributed by atoms with Crippen LogP contribution >= 0.6 is 23.8 Å². The fourth-order valence-corrected chi connectivity index (χ4v) is 5.32. The number of amides is 3. The molecule has 0 bridgehead atoms. The quantitative estimate of drug-likeness (QED) is 0.232. The lowest BCUT2D eigenvalue weighted by Crippen LogP contribution is -2.38. The highest BCUT2D eigenvalue weighted by Crippen LogP contribution is 2.44. The number of carbonyl (C=O) groups excluding carboxylic acids is 2. The number of urea groups is 1. The van der Waals surface area contributed by atoms with Gasteiger partial charge in [-0.2, -0.15) is 0 Å². The normalized spacial score (nSPS) is 17.7. The Morgan fingerprint density at radius 1 is 1.34 bits per heavy atom. The monoisotopic (exact) mass is 466 g/mol. The standard InChI is InChI=1S/C23H27BN4O2S2/c1-3-16(11-10-14(2)24-31)28-17-12-13-25-22-18(17)19(27-23(28)30)20(32-22)21(29)26-15-8-6-4-5-7-9-15/h3,10-13,15,24,31H,1,4-9H2,2H3,(H,26,29)(H,27,30)/b14-10+,16-11+. The lowest BCUT2D eigenvalue weighted by molar-refractivity contribution is 0.0938. The molecule has 9 heteroatoms. The lowest BCUT2D eigenvalue weighted by Gasteiger charge is -2.29. The summed E-state index contributed by atoms with van der Waals surface area (Å²) in [4.78, 5) is 33.6. The molecule has 166 valence electrons. The zero-order chi connectivity index (χ0) is 22.7. The van der Waals surface area contributed by atoms with E-state index in [-0.39, 0.29) is 18.0 Å². The van der Waals surface area contributed by atoms with Gasteiger partial charge in [-0.1, -0.05) is 50.7 Å². The van der Waals surface area contributed by atoms with Crippen molar-refractivity contribution in [1.29, 1.82) is 0 Å². The second kappa shape index (κ2) is 9.96. The lowest BCUT2D eigenvalue weighted by atomic mass is 9.95. The van der Waals surface area contributed by atoms with Crippen LogP contribution in [-0.2, 0) is 0 Å². The number of thiol groups is 1. The molecule has 1 aliphatic carbocycles. The van der Waals surface area contributed by atoms with E-state index in [4.69, 9.17) is 0 Å². The van der Waals surface area contributed by atoms with Crippen LogP contribution in [0.4, 0.5) is 16.2 Å². The van der Waals surface area contributed by atoms with Gasteiger partial charge in [0.15, 0.2) is 0 Å². The van der Waals surface area contributed by atoms with E-state index in [0.29, 0.717) is 28.5 Å². The van der Waals surface area contributed by atoms with Crippen LogP contribution in [0.3, 0.4) is 0 Å². The molecule has 1 fully saturated rings. The predicted molar refractivity (Wildman–Crippen MR) is 138 cm³/mol. The van der Waals surface area contributed by atoms with Gasteiger partial charge in [-0.15, -0.1) is 11.3 Å². The number of pyridine rings is 1. The summed E-state index contributed by atoms with van der Waals surface area (Å²) >= 11 is 5.60. The molecule has 3 heterocycles. The van der Waals surface area contributed by atoms with Crippen molar-refractivity contribution in [2.24, 2.45) is 0 Å². The van der Waals surface area contributed by atoms with Crippen LogP contribution in [0.15, 0.2) is 48.2 Å². The summed E-state index contributed by atoms with van der Waals surface area (Å²) in [5, 5.41) is 6.91. The first-order valence-corrected chi connectivity index (χ1v) is 12.4. The number of nitrogens with zero attached hydrogens (tertiary/aromatic N) is 2. The molecule has 1 aliphatic heterocycles. The minimum absolute atomic E-state index is 0.138. The molecule has 0 saturated heterocycles. The van der Waals surface area contributed by atoms with Crippen molar-refractivity contribution in [2.75, 3.05) is 10.2 Å². The number of allylic oxidation sites excluding steroid dienone is 4. The molecule has 2 aromatic heterocycles. The van der Waals surface area contributed by atoms with E-state index in [2.05, 4.69) is 34.7 Å². The molecule has 0 radical (unpaired) electrons. The second-order valence-electron chi connectivity index (χ2n) is 8.21. The summed E-state index contributed by atoms with van der Waals surface area (Å²) in [6, 6.07) is 1.66. The zero-order valence-corrected chi connectivity index (χ0v) is 19.9. The molecule has 0 spiro atoms. The maximum atomic E-state index is 13.2. The van der Waals surface area contributed by atoms with Crippen molar-refractivity contribution in [2.45, 2.75) is 51.5 Å². The summed E-state index contributed by atoms with van der Waals surface area (Å²) < 4.78 is 0. The summed E-state index contributed by atoms with van der Waals surface area (Å²) in [7, 11) is 0. The minimum Gasteiger partial charge on any atom is -0.349 e. The number of carbonyl (C=O) groups is 2. The van der Waals surface area contributed by atoms with Gasteiger partial charge in [0, 0.05) is 12.2 Å². The number of nitrogens with one attached hydrogen (secondary N) is 2. The molecule has 1 saturated carbocycles. The Morgan fingerprint density at radius 2 is 2.09 bits per heavy atom. The van der Waals surface area contributed by atoms with E-state index >= 15 is 0 Å². The van der Waals surface area contributed by atoms with E-state index in [1.165, 1.54) is 24.2 Å². The van der Waals surface area contributed by atoms with E-state index in [1.54, 1.807) is 23.2 Å². The minimum atomic E-state index is -0.324. The van der Waals surface area contributed by atoms with E-state index in [0.717, 1.165) is 41.4 Å². The molecule has 0 aromatic carbocycles. The van der Waals surface area contributed by atoms with Gasteiger partial charge in [0.1, 0.15) is 9.71 Å². The van der Waals surface area contributed by atoms with Gasteiger partial charge in [-0.25, -0.2) is 22.3 Å². The van der Waals surface area contributed by atoms with Gasteiger partial charge in [0.2, 0.25) is 6.56 Å². The highest BCUT2D eigenvalue weighted by Gasteiger charge is 2.33. The Balaban J connectivity index is 1.72. The van der Waals surface area contributed by atoms with Crippen molar-refractivity contribution in [1.82, 2.24) is 10.3 Å². The van der Waals surface area contributed by atoms with Crippen LogP contribution in [0.5, 0.6) is 0 Å². The van der Waals surface area contributed by atoms with Gasteiger partial charge < -0.3 is 10.6 Å². The van der Waals surface area contributed by atoms with E-state index < -0.39 is 0 Å². The fourth-order valence-electron chi connectivity index (χ4n) is 4.19. The summed E-state index contributed by atoms with van der Waals surface area (Å²) in [6.07, 6.45) is 13.8. The van der Waals surface area contributed by atoms with Crippen LogP contribution in [0.25, 0.3) is 10.2 Å². The van der Waals surface area contributed by atoms with Crippen molar-refractivity contribution in [3.63, 3.8) is 0 Å². The summed E-state index contributed by atoms with van der Waals surface area (Å²) in [5.74, 6) is -0.138. The smallest absolute Gasteiger partial charge is 0.331 e. The molecule has 2 aromatic rings. The Kier molecular flexibility index (Phi) is 7.05. The highest BCUT2D eigenvalue weighted by molar-refractivity contribution is 8.07. The van der Waals surface area contributed by atoms with Crippen molar-refractivity contribution in [3.8, 4) is 0 Å². The molecular weight excluding hydrogens is 439 g/mol. The maximum Gasteiger partial charge on any atom is 0.331 e. The first-order chi connectivity index (χ1) is 15.5. The van der Waals surface area contributed by atoms with E-state index in [1.807, 2.05) is 19.1 Å². The topological polar surface area (TPSA) is 74.3 Å². The number of hydrogen-bond acceptors (Lipinski definition) is 5. The molecule has 0 atom stereocenters. The largest absolute Gasteiger partial charge is 0.349 e. The molecule has 32 heavy (non-hydrogen) atoms. The number of thiophene rings is 1. The fraction of sp³-hybridized carbons (Fsp3) is 0.348. The van der Waals surface area contributed by atoms with Crippen LogP contribution in [-0.4, -0.2) is 29.5 Å². The number of aromatic nitrogens is 1. The van der Waals surface area contributed by atoms with Gasteiger partial charge >= 0.3 is 6.03 Å². The maximum absolute atomic E-state index is 13.2. The van der Waals surface area contributed by atoms with Crippen LogP contribution < -0.4 is 15.5 Å². The van der Waals surface area contributed by atoms with Crippen LogP contribution in [0.1, 0.15) is 55.1 Å². The first kappa shape index (κ1) is 22.7. The molecule has 3 amide bonds. The Morgan fingerprint density at radius 3 is 2.78 bits per heavy atom. The zero-order valence-electron chi connectivity index (χ0n) is 18.2. The number of anilines is 2. The Hall–Kier alpha value is -2.52. The van der Waals surface area contributed by atoms with Crippen molar-refractivity contribution >= 4 is 63.9 Å². The summed E-state index contributed by atoms with van der Waals surface area (Å²) in [6.45, 7) is 6.48. The SMILES string of the molecule is C=C/C(=C\C=C(/C)BS)N1C(=O)Nc2c(C(=O)NC3CCCCCC3)sc3nccc1c23. The highest BCUT2D eigenvalue weighted by atomic mass is 32.1. The number of rotatable bonds is 6. The Bertz CT molecular complexity index is 1120. The van der Waals surface area contributed by atoms with Crippen molar-refractivity contribution in [3.05, 3.63) is 53.1 Å². The molecule has 0 unspecified atom stereocenters. The van der Waals surface area contributed by atoms with Gasteiger partial charge in [-0.05, 0) is 31.1 Å². The molecular formula is C23H27BN4O2S2. The molecule has 6 nitrogen and oxygen atoms in total. The third-order valence-electron chi connectivity index (χ3n) is 5.90. The molecule has 2 N–H and O–H groups in total. The third-order valence-corrected chi connectivity index (χ3v) is 7.49. The predicted octanol–water partition coefficient (Wildman–Crippen LogP) is 5.36. The second-order valence-corrected chi connectivity index (χ2v) is 9.53. The Labute approximate surface area is 198 Å². The average molecular weight is 466 g/mol. The van der Waals surface area contributed by atoms with E-state index in [9.17, 15) is 9.59 Å². The first-order valence-electron chi connectivity index (χ1n) is 11.0. The molecule has 4 rings (SSSR count). The summed E-state index contributed by atoms with van der Waals surface area (Å²) in [5.41, 5.74) is 2.95. The van der Waals surface area contributed by atoms with Crippen LogP contribution in [0, 0.1) is 0 Å².